The van der Waals surface area contributed by atoms with Crippen LogP contribution in [-0.2, 0) is 9.53 Å². The number of esters is 1. The summed E-state index contributed by atoms with van der Waals surface area (Å²) < 4.78 is 5.66. The zero-order chi connectivity index (χ0) is 9.16. The highest BCUT2D eigenvalue weighted by atomic mass is 127. The molecule has 2 aliphatic carbocycles. The highest BCUT2D eigenvalue weighted by molar-refractivity contribution is 14.1. The van der Waals surface area contributed by atoms with E-state index in [9.17, 15) is 4.79 Å². The Morgan fingerprint density at radius 1 is 1.54 bits per heavy atom. The van der Waals surface area contributed by atoms with E-state index in [1.165, 1.54) is 0 Å². The van der Waals surface area contributed by atoms with E-state index in [0.29, 0.717) is 15.8 Å². The number of carbonyl (C=O) groups is 1. The number of hydrogen-bond donors (Lipinski definition) is 0. The first kappa shape index (κ1) is 8.04. The predicted molar refractivity (Wildman–Crippen MR) is 51.9 cm³/mol. The number of fused-ring (bicyclic) bond motifs is 1. The van der Waals surface area contributed by atoms with Crippen LogP contribution in [0.5, 0.6) is 0 Å². The summed E-state index contributed by atoms with van der Waals surface area (Å²) in [5.41, 5.74) is 0. The molecule has 6 unspecified atom stereocenters. The van der Waals surface area contributed by atoms with Crippen molar-refractivity contribution in [2.45, 2.75) is 16.4 Å². The molecule has 2 saturated carbocycles. The quantitative estimate of drug-likeness (QED) is 0.381. The van der Waals surface area contributed by atoms with Gasteiger partial charge in [-0.3, -0.25) is 4.79 Å². The Labute approximate surface area is 89.6 Å². The second-order valence-electron chi connectivity index (χ2n) is 4.09. The van der Waals surface area contributed by atoms with Crippen molar-refractivity contribution < 1.29 is 9.53 Å². The van der Waals surface area contributed by atoms with Crippen LogP contribution in [0, 0.1) is 35.0 Å². The van der Waals surface area contributed by atoms with E-state index in [0.717, 1.165) is 6.42 Å². The van der Waals surface area contributed by atoms with Crippen LogP contribution in [-0.4, -0.2) is 16.0 Å². The first-order chi connectivity index (χ1) is 6.24. The SMILES string of the molecule is N#CC1C2CC3C(OC(=O)C13)C2I. The molecule has 0 radical (unpaired) electrons. The molecule has 0 aromatic carbocycles. The maximum atomic E-state index is 11.4. The number of nitriles is 1. The zero-order valence-electron chi connectivity index (χ0n) is 6.81. The summed E-state index contributed by atoms with van der Waals surface area (Å²) >= 11 is 2.33. The van der Waals surface area contributed by atoms with E-state index in [1.807, 2.05) is 0 Å². The van der Waals surface area contributed by atoms with Gasteiger partial charge in [0.2, 0.25) is 0 Å². The molecule has 13 heavy (non-hydrogen) atoms. The van der Waals surface area contributed by atoms with Crippen molar-refractivity contribution in [3.05, 3.63) is 0 Å². The van der Waals surface area contributed by atoms with Gasteiger partial charge in [0.15, 0.2) is 0 Å². The number of nitrogens with zero attached hydrogens (tertiary/aromatic N) is 1. The minimum atomic E-state index is -0.122. The number of carbonyl (C=O) groups excluding carboxylic acids is 1. The van der Waals surface area contributed by atoms with Gasteiger partial charge in [-0.05, 0) is 12.3 Å². The summed E-state index contributed by atoms with van der Waals surface area (Å²) in [6.07, 6.45) is 1.14. The van der Waals surface area contributed by atoms with E-state index >= 15 is 0 Å². The van der Waals surface area contributed by atoms with Gasteiger partial charge in [0, 0.05) is 5.92 Å². The lowest BCUT2D eigenvalue weighted by molar-refractivity contribution is -0.143. The lowest BCUT2D eigenvalue weighted by Gasteiger charge is -2.23. The monoisotopic (exact) mass is 289 g/mol. The average molecular weight is 289 g/mol. The normalized spacial score (nSPS) is 56.5. The van der Waals surface area contributed by atoms with E-state index < -0.39 is 0 Å². The molecule has 0 amide bonds. The number of alkyl halides is 1. The van der Waals surface area contributed by atoms with Crippen molar-refractivity contribution in [2.24, 2.45) is 23.7 Å². The number of ether oxygens (including phenoxy) is 1. The third kappa shape index (κ3) is 0.773. The van der Waals surface area contributed by atoms with Gasteiger partial charge < -0.3 is 4.74 Å². The molecule has 6 atom stereocenters. The molecule has 4 heteroatoms. The molecule has 3 rings (SSSR count). The lowest BCUT2D eigenvalue weighted by atomic mass is 9.81. The first-order valence-corrected chi connectivity index (χ1v) is 5.73. The second kappa shape index (κ2) is 2.38. The molecule has 1 saturated heterocycles. The molecule has 1 heterocycles. The predicted octanol–water partition coefficient (Wildman–Crippen LogP) is 1.12. The lowest BCUT2D eigenvalue weighted by Crippen LogP contribution is -2.32. The van der Waals surface area contributed by atoms with Gasteiger partial charge in [-0.15, -0.1) is 0 Å². The molecule has 0 spiro atoms. The third-order valence-corrected chi connectivity index (χ3v) is 5.30. The maximum Gasteiger partial charge on any atom is 0.311 e. The molecule has 68 valence electrons. The minimum Gasteiger partial charge on any atom is -0.461 e. The van der Waals surface area contributed by atoms with Gasteiger partial charge in [-0.2, -0.15) is 5.26 Å². The van der Waals surface area contributed by atoms with Gasteiger partial charge in [-0.1, -0.05) is 22.6 Å². The van der Waals surface area contributed by atoms with Gasteiger partial charge in [0.05, 0.1) is 21.8 Å². The smallest absolute Gasteiger partial charge is 0.311 e. The molecular weight excluding hydrogens is 281 g/mol. The molecule has 3 aliphatic rings. The molecule has 0 N–H and O–H groups in total. The van der Waals surface area contributed by atoms with Crippen molar-refractivity contribution in [3.63, 3.8) is 0 Å². The molecule has 1 aliphatic heterocycles. The zero-order valence-corrected chi connectivity index (χ0v) is 8.97. The van der Waals surface area contributed by atoms with Gasteiger partial charge in [-0.25, -0.2) is 0 Å². The summed E-state index contributed by atoms with van der Waals surface area (Å²) in [6, 6.07) is 2.28. The van der Waals surface area contributed by atoms with E-state index in [-0.39, 0.29) is 23.9 Å². The number of hydrogen-bond acceptors (Lipinski definition) is 3. The fraction of sp³-hybridized carbons (Fsp3) is 0.778. The van der Waals surface area contributed by atoms with Crippen molar-refractivity contribution in [2.75, 3.05) is 0 Å². The van der Waals surface area contributed by atoms with Gasteiger partial charge in [0.25, 0.3) is 0 Å². The summed E-state index contributed by atoms with van der Waals surface area (Å²) in [4.78, 5) is 11.4. The summed E-state index contributed by atoms with van der Waals surface area (Å²) in [5, 5.41) is 8.98. The standard InChI is InChI=1S/C9H8INO2/c10-7-3-1-4-6(5(3)2-11)9(12)13-8(4)7/h3-8H,1H2. The molecule has 3 nitrogen and oxygen atoms in total. The Bertz CT molecular complexity index is 324. The van der Waals surface area contributed by atoms with Crippen LogP contribution in [0.25, 0.3) is 0 Å². The Balaban J connectivity index is 2.07. The van der Waals surface area contributed by atoms with Crippen LogP contribution >= 0.6 is 22.6 Å². The summed E-state index contributed by atoms with van der Waals surface area (Å²) in [5.74, 6) is 0.466. The first-order valence-electron chi connectivity index (χ1n) is 4.48. The fourth-order valence-electron chi connectivity index (χ4n) is 3.15. The fourth-order valence-corrected chi connectivity index (χ4v) is 4.57. The number of halogens is 1. The number of rotatable bonds is 0. The van der Waals surface area contributed by atoms with E-state index in [1.54, 1.807) is 0 Å². The Morgan fingerprint density at radius 2 is 2.31 bits per heavy atom. The van der Waals surface area contributed by atoms with Crippen molar-refractivity contribution in [1.82, 2.24) is 0 Å². The summed E-state index contributed by atoms with van der Waals surface area (Å²) in [7, 11) is 0. The maximum absolute atomic E-state index is 11.4. The average Bonchev–Trinajstić information content (AvgIpc) is 2.68. The van der Waals surface area contributed by atoms with E-state index in [2.05, 4.69) is 28.7 Å². The molecular formula is C9H8INO2. The van der Waals surface area contributed by atoms with E-state index in [4.69, 9.17) is 10.00 Å². The van der Waals surface area contributed by atoms with Crippen LogP contribution in [0.2, 0.25) is 0 Å². The van der Waals surface area contributed by atoms with Crippen LogP contribution < -0.4 is 0 Å². The topological polar surface area (TPSA) is 50.1 Å². The van der Waals surface area contributed by atoms with Gasteiger partial charge in [0.1, 0.15) is 6.10 Å². The van der Waals surface area contributed by atoms with Crippen molar-refractivity contribution in [1.29, 1.82) is 5.26 Å². The Morgan fingerprint density at radius 3 is 3.00 bits per heavy atom. The third-order valence-electron chi connectivity index (χ3n) is 3.67. The minimum absolute atomic E-state index is 0.0712. The Hall–Kier alpha value is -0.310. The highest BCUT2D eigenvalue weighted by Gasteiger charge is 2.66. The Kier molecular flexibility index (Phi) is 1.47. The van der Waals surface area contributed by atoms with Crippen LogP contribution in [0.4, 0.5) is 0 Å². The molecule has 3 fully saturated rings. The molecule has 0 aromatic rings. The van der Waals surface area contributed by atoms with Crippen LogP contribution in [0.3, 0.4) is 0 Å². The van der Waals surface area contributed by atoms with Crippen LogP contribution in [0.1, 0.15) is 6.42 Å². The largest absolute Gasteiger partial charge is 0.461 e. The molecule has 2 bridgehead atoms. The molecule has 0 aromatic heterocycles. The van der Waals surface area contributed by atoms with Crippen LogP contribution in [0.15, 0.2) is 0 Å². The van der Waals surface area contributed by atoms with Gasteiger partial charge >= 0.3 is 5.97 Å². The second-order valence-corrected chi connectivity index (χ2v) is 5.53. The van der Waals surface area contributed by atoms with Crippen molar-refractivity contribution in [3.8, 4) is 6.07 Å². The highest BCUT2D eigenvalue weighted by Crippen LogP contribution is 2.59. The summed E-state index contributed by atoms with van der Waals surface area (Å²) in [6.45, 7) is 0. The van der Waals surface area contributed by atoms with Crippen molar-refractivity contribution >= 4 is 28.6 Å².